The number of hydrogen-bond acceptors (Lipinski definition) is 3. The summed E-state index contributed by atoms with van der Waals surface area (Å²) in [5.74, 6) is 0. The highest BCUT2D eigenvalue weighted by Crippen LogP contribution is 2.27. The van der Waals surface area contributed by atoms with Crippen molar-refractivity contribution < 1.29 is 8.42 Å². The van der Waals surface area contributed by atoms with Gasteiger partial charge in [-0.25, -0.2) is 8.42 Å². The van der Waals surface area contributed by atoms with Gasteiger partial charge >= 0.3 is 0 Å². The third-order valence-electron chi connectivity index (χ3n) is 4.24. The minimum atomic E-state index is -3.77. The van der Waals surface area contributed by atoms with E-state index in [-0.39, 0.29) is 9.92 Å². The van der Waals surface area contributed by atoms with Crippen molar-refractivity contribution in [3.63, 3.8) is 0 Å². The smallest absolute Gasteiger partial charge is 0.261 e. The third-order valence-corrected chi connectivity index (χ3v) is 6.58. The molecule has 3 rings (SSSR count). The first kappa shape index (κ1) is 22.4. The molecule has 0 aromatic heterocycles. The molecular weight excluding hydrogens is 461 g/mol. The predicted octanol–water partition coefficient (Wildman–Crippen LogP) is 6.17. The van der Waals surface area contributed by atoms with E-state index >= 15 is 0 Å². The Morgan fingerprint density at radius 2 is 1.57 bits per heavy atom. The van der Waals surface area contributed by atoms with Crippen LogP contribution in [0.5, 0.6) is 0 Å². The van der Waals surface area contributed by atoms with Crippen molar-refractivity contribution in [1.82, 2.24) is 0 Å². The summed E-state index contributed by atoms with van der Waals surface area (Å²) < 4.78 is 27.7. The third kappa shape index (κ3) is 5.64. The number of aryl methyl sites for hydroxylation is 1. The molecule has 156 valence electrons. The van der Waals surface area contributed by atoms with Gasteiger partial charge in [-0.1, -0.05) is 48.3 Å². The molecule has 0 unspecified atom stereocenters. The van der Waals surface area contributed by atoms with Crippen LogP contribution in [0.15, 0.2) is 71.6 Å². The van der Waals surface area contributed by atoms with E-state index in [9.17, 15) is 8.42 Å². The van der Waals surface area contributed by atoms with Crippen LogP contribution in [0.25, 0.3) is 0 Å². The quantitative estimate of drug-likeness (QED) is 0.369. The van der Waals surface area contributed by atoms with Crippen molar-refractivity contribution >= 4 is 67.6 Å². The Morgan fingerprint density at radius 3 is 2.23 bits per heavy atom. The van der Waals surface area contributed by atoms with Gasteiger partial charge in [0.25, 0.3) is 10.0 Å². The van der Waals surface area contributed by atoms with Crippen LogP contribution in [-0.4, -0.2) is 13.5 Å². The van der Waals surface area contributed by atoms with E-state index in [0.717, 1.165) is 17.7 Å². The molecule has 9 heteroatoms. The highest BCUT2D eigenvalue weighted by atomic mass is 35.5. The summed E-state index contributed by atoms with van der Waals surface area (Å²) in [5.41, 5.74) is 3.07. The summed E-state index contributed by atoms with van der Waals surface area (Å²) in [6.07, 6.45) is 0.879. The topological polar surface area (TPSA) is 70.2 Å². The van der Waals surface area contributed by atoms with Crippen molar-refractivity contribution in [3.05, 3.63) is 82.3 Å². The molecule has 30 heavy (non-hydrogen) atoms. The fraction of sp³-hybridized carbons (Fsp3) is 0.0952. The number of halogens is 2. The van der Waals surface area contributed by atoms with Crippen LogP contribution in [0, 0.1) is 0 Å². The first-order chi connectivity index (χ1) is 14.3. The number of hydrogen-bond donors (Lipinski definition) is 3. The highest BCUT2D eigenvalue weighted by molar-refractivity contribution is 7.92. The van der Waals surface area contributed by atoms with Crippen molar-refractivity contribution in [2.75, 3.05) is 15.4 Å². The van der Waals surface area contributed by atoms with Crippen molar-refractivity contribution in [2.45, 2.75) is 18.2 Å². The van der Waals surface area contributed by atoms with Crippen LogP contribution in [0.2, 0.25) is 10.0 Å². The van der Waals surface area contributed by atoms with E-state index in [4.69, 9.17) is 35.4 Å². The van der Waals surface area contributed by atoms with E-state index in [0.29, 0.717) is 21.5 Å². The Morgan fingerprint density at radius 1 is 0.900 bits per heavy atom. The fourth-order valence-electron chi connectivity index (χ4n) is 2.73. The van der Waals surface area contributed by atoms with E-state index < -0.39 is 10.0 Å². The zero-order valence-electron chi connectivity index (χ0n) is 15.9. The fourth-order valence-corrected chi connectivity index (χ4v) is 4.30. The summed E-state index contributed by atoms with van der Waals surface area (Å²) in [4.78, 5) is 0.106. The number of thiocarbonyl (C=S) groups is 1. The van der Waals surface area contributed by atoms with E-state index in [2.05, 4.69) is 22.3 Å². The standard InChI is InChI=1S/C21H19Cl2N3O2S2/c1-2-14-5-3-4-6-20(14)25-21(29)24-15-7-10-17(11-8-15)30(27,28)26-16-9-12-18(22)19(23)13-16/h3-13,26H,2H2,1H3,(H2,24,25,29). The van der Waals surface area contributed by atoms with Gasteiger partial charge in [-0.15, -0.1) is 0 Å². The van der Waals surface area contributed by atoms with Crippen molar-refractivity contribution in [1.29, 1.82) is 0 Å². The van der Waals surface area contributed by atoms with E-state index in [1.807, 2.05) is 24.3 Å². The second-order valence-corrected chi connectivity index (χ2v) is 9.25. The van der Waals surface area contributed by atoms with Gasteiger partial charge in [0, 0.05) is 11.4 Å². The van der Waals surface area contributed by atoms with Crippen LogP contribution in [0.4, 0.5) is 17.1 Å². The zero-order chi connectivity index (χ0) is 21.7. The lowest BCUT2D eigenvalue weighted by Gasteiger charge is -2.14. The second kappa shape index (κ2) is 9.66. The molecule has 0 amide bonds. The monoisotopic (exact) mass is 479 g/mol. The van der Waals surface area contributed by atoms with Crippen LogP contribution < -0.4 is 15.4 Å². The van der Waals surface area contributed by atoms with Crippen LogP contribution in [0.3, 0.4) is 0 Å². The van der Waals surface area contributed by atoms with Gasteiger partial charge in [-0.3, -0.25) is 4.72 Å². The molecule has 0 spiro atoms. The van der Waals surface area contributed by atoms with Gasteiger partial charge in [0.15, 0.2) is 5.11 Å². The number of anilines is 3. The lowest BCUT2D eigenvalue weighted by molar-refractivity contribution is 0.601. The Labute approximate surface area is 191 Å². The van der Waals surface area contributed by atoms with Crippen molar-refractivity contribution in [3.8, 4) is 0 Å². The van der Waals surface area contributed by atoms with Gasteiger partial charge in [0.05, 0.1) is 20.6 Å². The summed E-state index contributed by atoms with van der Waals surface area (Å²) in [7, 11) is -3.77. The van der Waals surface area contributed by atoms with Gasteiger partial charge in [-0.05, 0) is 72.7 Å². The maximum Gasteiger partial charge on any atom is 0.261 e. The Bertz CT molecular complexity index is 1170. The number of para-hydroxylation sites is 1. The largest absolute Gasteiger partial charge is 0.332 e. The SMILES string of the molecule is CCc1ccccc1NC(=S)Nc1ccc(S(=O)(=O)Nc2ccc(Cl)c(Cl)c2)cc1. The maximum absolute atomic E-state index is 12.6. The van der Waals surface area contributed by atoms with Gasteiger partial charge in [-0.2, -0.15) is 0 Å². The maximum atomic E-state index is 12.6. The van der Waals surface area contributed by atoms with Gasteiger partial charge in [0.2, 0.25) is 0 Å². The number of sulfonamides is 1. The minimum Gasteiger partial charge on any atom is -0.332 e. The van der Waals surface area contributed by atoms with E-state index in [1.165, 1.54) is 24.3 Å². The molecule has 0 atom stereocenters. The first-order valence-electron chi connectivity index (χ1n) is 9.02. The minimum absolute atomic E-state index is 0.106. The zero-order valence-corrected chi connectivity index (χ0v) is 19.1. The van der Waals surface area contributed by atoms with Crippen LogP contribution in [-0.2, 0) is 16.4 Å². The molecular formula is C21H19Cl2N3O2S2. The molecule has 5 nitrogen and oxygen atoms in total. The van der Waals surface area contributed by atoms with Crippen LogP contribution in [0.1, 0.15) is 12.5 Å². The summed E-state index contributed by atoms with van der Waals surface area (Å²) in [6.45, 7) is 2.07. The molecule has 0 heterocycles. The molecule has 0 radical (unpaired) electrons. The lowest BCUT2D eigenvalue weighted by atomic mass is 10.1. The first-order valence-corrected chi connectivity index (χ1v) is 11.7. The highest BCUT2D eigenvalue weighted by Gasteiger charge is 2.15. The average Bonchev–Trinajstić information content (AvgIpc) is 2.71. The predicted molar refractivity (Wildman–Crippen MR) is 129 cm³/mol. The Hall–Kier alpha value is -2.32. The number of benzene rings is 3. The molecule has 0 aliphatic rings. The molecule has 3 aromatic rings. The van der Waals surface area contributed by atoms with Crippen LogP contribution >= 0.6 is 35.4 Å². The van der Waals surface area contributed by atoms with Gasteiger partial charge in [0.1, 0.15) is 0 Å². The number of rotatable bonds is 6. The normalized spacial score (nSPS) is 11.0. The Balaban J connectivity index is 1.67. The molecule has 3 N–H and O–H groups in total. The van der Waals surface area contributed by atoms with Gasteiger partial charge < -0.3 is 10.6 Å². The molecule has 0 bridgehead atoms. The van der Waals surface area contributed by atoms with Crippen molar-refractivity contribution in [2.24, 2.45) is 0 Å². The molecule has 0 saturated heterocycles. The summed E-state index contributed by atoms with van der Waals surface area (Å²) in [6, 6.07) is 18.7. The molecule has 3 aromatic carbocycles. The summed E-state index contributed by atoms with van der Waals surface area (Å²) >= 11 is 17.2. The molecule has 0 saturated carbocycles. The Kier molecular flexibility index (Phi) is 7.20. The number of nitrogens with one attached hydrogen (secondary N) is 3. The molecule has 0 aliphatic heterocycles. The average molecular weight is 480 g/mol. The van der Waals surface area contributed by atoms with E-state index in [1.54, 1.807) is 18.2 Å². The second-order valence-electron chi connectivity index (χ2n) is 6.35. The molecule has 0 aliphatic carbocycles. The summed E-state index contributed by atoms with van der Waals surface area (Å²) in [5, 5.41) is 7.25. The molecule has 0 fully saturated rings. The lowest BCUT2D eigenvalue weighted by Crippen LogP contribution is -2.20.